The van der Waals surface area contributed by atoms with Gasteiger partial charge in [-0.05, 0) is 50.1 Å². The molecule has 3 aromatic heterocycles. The lowest BCUT2D eigenvalue weighted by Gasteiger charge is -2.12. The summed E-state index contributed by atoms with van der Waals surface area (Å²) in [7, 11) is 0. The molecule has 4 aromatic rings. The number of carbonyl (C=O) groups is 1. The van der Waals surface area contributed by atoms with Crippen LogP contribution in [-0.4, -0.2) is 31.6 Å². The number of aryl methyl sites for hydroxylation is 1. The van der Waals surface area contributed by atoms with Crippen LogP contribution in [0.15, 0.2) is 39.9 Å². The van der Waals surface area contributed by atoms with E-state index in [9.17, 15) is 14.0 Å². The highest BCUT2D eigenvalue weighted by molar-refractivity contribution is 7.22. The largest absolute Gasteiger partial charge is 0.352 e. The first-order valence-corrected chi connectivity index (χ1v) is 10.6. The first kappa shape index (κ1) is 20.9. The minimum absolute atomic E-state index is 0.0298. The van der Waals surface area contributed by atoms with Crippen molar-refractivity contribution >= 4 is 27.5 Å². The average Bonchev–Trinajstić information content (AvgIpc) is 3.35. The maximum Gasteiger partial charge on any atom is 0.268 e. The van der Waals surface area contributed by atoms with Crippen LogP contribution in [0.3, 0.4) is 0 Å². The van der Waals surface area contributed by atoms with Crippen LogP contribution in [0.2, 0.25) is 0 Å². The number of halogens is 1. The quantitative estimate of drug-likeness (QED) is 0.491. The molecule has 8 nitrogen and oxygen atoms in total. The van der Waals surface area contributed by atoms with E-state index in [4.69, 9.17) is 4.52 Å². The number of nitrogens with zero attached hydrogens (tertiary/aromatic N) is 4. The van der Waals surface area contributed by atoms with Gasteiger partial charge < -0.3 is 9.84 Å². The molecule has 0 radical (unpaired) electrons. The fourth-order valence-electron chi connectivity index (χ4n) is 3.08. The maximum atomic E-state index is 13.1. The topological polar surface area (TPSA) is 103 Å². The van der Waals surface area contributed by atoms with Crippen molar-refractivity contribution in [2.45, 2.75) is 39.8 Å². The number of amides is 1. The fraction of sp³-hybridized carbons (Fsp3) is 0.286. The second-order valence-electron chi connectivity index (χ2n) is 7.22. The molecule has 0 saturated heterocycles. The minimum atomic E-state index is -0.354. The average molecular weight is 441 g/mol. The Bertz CT molecular complexity index is 1310. The van der Waals surface area contributed by atoms with Crippen LogP contribution in [0.1, 0.15) is 25.8 Å². The number of hydrogen-bond acceptors (Lipinski definition) is 7. The van der Waals surface area contributed by atoms with Gasteiger partial charge in [0.2, 0.25) is 11.7 Å². The van der Waals surface area contributed by atoms with Crippen LogP contribution in [0.25, 0.3) is 32.4 Å². The van der Waals surface area contributed by atoms with E-state index in [2.05, 4.69) is 20.4 Å². The zero-order valence-corrected chi connectivity index (χ0v) is 18.0. The second kappa shape index (κ2) is 8.38. The van der Waals surface area contributed by atoms with Crippen molar-refractivity contribution in [3.63, 3.8) is 0 Å². The molecular weight excluding hydrogens is 421 g/mol. The van der Waals surface area contributed by atoms with Gasteiger partial charge in [0.15, 0.2) is 0 Å². The molecular formula is C21H20FN5O3S. The number of thiophene rings is 1. The summed E-state index contributed by atoms with van der Waals surface area (Å²) in [6.45, 7) is 5.55. The Morgan fingerprint density at radius 3 is 2.77 bits per heavy atom. The summed E-state index contributed by atoms with van der Waals surface area (Å²) in [5, 5.41) is 7.22. The van der Waals surface area contributed by atoms with E-state index in [0.717, 1.165) is 6.42 Å². The highest BCUT2D eigenvalue weighted by Gasteiger charge is 2.21. The van der Waals surface area contributed by atoms with Crippen LogP contribution in [0.5, 0.6) is 0 Å². The lowest BCUT2D eigenvalue weighted by atomic mass is 10.2. The van der Waals surface area contributed by atoms with E-state index >= 15 is 0 Å². The molecule has 0 fully saturated rings. The van der Waals surface area contributed by atoms with Crippen molar-refractivity contribution < 1.29 is 13.7 Å². The highest BCUT2D eigenvalue weighted by Crippen LogP contribution is 2.35. The fourth-order valence-corrected chi connectivity index (χ4v) is 4.15. The number of fused-ring (bicyclic) bond motifs is 1. The van der Waals surface area contributed by atoms with E-state index in [1.807, 2.05) is 13.8 Å². The van der Waals surface area contributed by atoms with Gasteiger partial charge >= 0.3 is 0 Å². The number of hydrogen-bond donors (Lipinski definition) is 1. The number of aromatic nitrogens is 4. The second-order valence-corrected chi connectivity index (χ2v) is 8.22. The van der Waals surface area contributed by atoms with Crippen LogP contribution in [0.4, 0.5) is 4.39 Å². The van der Waals surface area contributed by atoms with E-state index in [0.29, 0.717) is 32.0 Å². The monoisotopic (exact) mass is 441 g/mol. The predicted octanol–water partition coefficient (Wildman–Crippen LogP) is 3.54. The van der Waals surface area contributed by atoms with Gasteiger partial charge in [-0.1, -0.05) is 12.1 Å². The molecule has 0 aliphatic heterocycles. The van der Waals surface area contributed by atoms with Crippen molar-refractivity contribution in [3.05, 3.63) is 52.3 Å². The van der Waals surface area contributed by atoms with Gasteiger partial charge in [0.25, 0.3) is 11.4 Å². The van der Waals surface area contributed by atoms with Gasteiger partial charge in [-0.3, -0.25) is 14.2 Å². The van der Waals surface area contributed by atoms with Gasteiger partial charge in [-0.2, -0.15) is 4.98 Å². The molecule has 0 spiro atoms. The molecule has 4 rings (SSSR count). The molecule has 0 aliphatic rings. The minimum Gasteiger partial charge on any atom is -0.352 e. The molecule has 31 heavy (non-hydrogen) atoms. The Balaban J connectivity index is 1.67. The number of benzene rings is 1. The van der Waals surface area contributed by atoms with E-state index in [-0.39, 0.29) is 35.8 Å². The summed E-state index contributed by atoms with van der Waals surface area (Å²) in [5.74, 6) is -0.0289. The van der Waals surface area contributed by atoms with E-state index < -0.39 is 0 Å². The number of nitrogens with one attached hydrogen (secondary N) is 1. The summed E-state index contributed by atoms with van der Waals surface area (Å²) in [4.78, 5) is 35.1. The summed E-state index contributed by atoms with van der Waals surface area (Å²) in [6.07, 6.45) is 2.17. The Hall–Kier alpha value is -3.40. The molecule has 10 heteroatoms. The van der Waals surface area contributed by atoms with Crippen LogP contribution >= 0.6 is 11.3 Å². The molecule has 1 aromatic carbocycles. The molecule has 160 valence electrons. The first-order chi connectivity index (χ1) is 14.9. The molecule has 3 heterocycles. The lowest BCUT2D eigenvalue weighted by molar-refractivity contribution is -0.122. The van der Waals surface area contributed by atoms with Gasteiger partial charge in [0, 0.05) is 11.6 Å². The standard InChI is InChI=1S/C21H20FN5O3S/c1-4-11(2)24-15(28)9-27-10-23-20-16(21(27)29)12(3)17(31-20)19-25-18(26-30-19)13-5-7-14(22)8-6-13/h5-8,10-11H,4,9H2,1-3H3,(H,24,28). The van der Waals surface area contributed by atoms with Crippen molar-refractivity contribution in [2.75, 3.05) is 0 Å². The van der Waals surface area contributed by atoms with Crippen molar-refractivity contribution in [2.24, 2.45) is 0 Å². The third kappa shape index (κ3) is 4.11. The molecule has 1 unspecified atom stereocenters. The van der Waals surface area contributed by atoms with Crippen LogP contribution < -0.4 is 10.9 Å². The van der Waals surface area contributed by atoms with Gasteiger partial charge in [-0.15, -0.1) is 11.3 Å². The van der Waals surface area contributed by atoms with Gasteiger partial charge in [0.05, 0.1) is 16.6 Å². The molecule has 1 atom stereocenters. The predicted molar refractivity (Wildman–Crippen MR) is 115 cm³/mol. The Labute approximate surface area is 180 Å². The summed E-state index contributed by atoms with van der Waals surface area (Å²) in [6, 6.07) is 5.79. The first-order valence-electron chi connectivity index (χ1n) is 9.75. The molecule has 1 amide bonds. The molecule has 0 aliphatic carbocycles. The maximum absolute atomic E-state index is 13.1. The van der Waals surface area contributed by atoms with Gasteiger partial charge in [0.1, 0.15) is 17.2 Å². The van der Waals surface area contributed by atoms with Crippen molar-refractivity contribution in [1.29, 1.82) is 0 Å². The Kier molecular flexibility index (Phi) is 5.64. The molecule has 0 saturated carbocycles. The third-order valence-corrected chi connectivity index (χ3v) is 6.16. The van der Waals surface area contributed by atoms with E-state index in [1.165, 1.54) is 34.4 Å². The molecule has 1 N–H and O–H groups in total. The van der Waals surface area contributed by atoms with Crippen molar-refractivity contribution in [3.8, 4) is 22.2 Å². The zero-order valence-electron chi connectivity index (χ0n) is 17.2. The normalized spacial score (nSPS) is 12.3. The SMILES string of the molecule is CCC(C)NC(=O)Cn1cnc2sc(-c3nc(-c4ccc(F)cc4)no3)c(C)c2c1=O. The van der Waals surface area contributed by atoms with E-state index in [1.54, 1.807) is 19.1 Å². The van der Waals surface area contributed by atoms with Crippen LogP contribution in [-0.2, 0) is 11.3 Å². The Morgan fingerprint density at radius 1 is 1.32 bits per heavy atom. The smallest absolute Gasteiger partial charge is 0.268 e. The number of carbonyl (C=O) groups excluding carboxylic acids is 1. The zero-order chi connectivity index (χ0) is 22.1. The summed E-state index contributed by atoms with van der Waals surface area (Å²) >= 11 is 1.26. The number of rotatable bonds is 6. The Morgan fingerprint density at radius 2 is 2.06 bits per heavy atom. The third-order valence-electron chi connectivity index (χ3n) is 4.97. The summed E-state index contributed by atoms with van der Waals surface area (Å²) < 4.78 is 19.8. The summed E-state index contributed by atoms with van der Waals surface area (Å²) in [5.41, 5.74) is 0.967. The van der Waals surface area contributed by atoms with Crippen LogP contribution in [0, 0.1) is 12.7 Å². The molecule has 0 bridgehead atoms. The van der Waals surface area contributed by atoms with Gasteiger partial charge in [-0.25, -0.2) is 9.37 Å². The van der Waals surface area contributed by atoms with Crippen molar-refractivity contribution in [1.82, 2.24) is 25.0 Å². The lowest BCUT2D eigenvalue weighted by Crippen LogP contribution is -2.37. The highest BCUT2D eigenvalue weighted by atomic mass is 32.1.